The van der Waals surface area contributed by atoms with Crippen LogP contribution in [0.5, 0.6) is 5.75 Å². The summed E-state index contributed by atoms with van der Waals surface area (Å²) in [6.07, 6.45) is 0.282. The zero-order valence-corrected chi connectivity index (χ0v) is 12.6. The maximum atomic E-state index is 12.2. The largest absolute Gasteiger partial charge is 0.497 e. The van der Waals surface area contributed by atoms with E-state index < -0.39 is 0 Å². The van der Waals surface area contributed by atoms with Crippen molar-refractivity contribution in [3.05, 3.63) is 53.1 Å². The van der Waals surface area contributed by atoms with E-state index in [1.54, 1.807) is 7.11 Å². The summed E-state index contributed by atoms with van der Waals surface area (Å²) in [7, 11) is 1.61. The smallest absolute Gasteiger partial charge is 0.228 e. The number of benzene rings is 2. The number of methoxy groups -OCH3 is 1. The van der Waals surface area contributed by atoms with Crippen molar-refractivity contribution in [2.24, 2.45) is 0 Å². The van der Waals surface area contributed by atoms with Crippen LogP contribution < -0.4 is 15.8 Å². The minimum absolute atomic E-state index is 0.0938. The van der Waals surface area contributed by atoms with E-state index in [2.05, 4.69) is 5.32 Å². The number of nitrogen functional groups attached to an aromatic ring is 1. The van der Waals surface area contributed by atoms with Crippen LogP contribution in [0.3, 0.4) is 0 Å². The van der Waals surface area contributed by atoms with Crippen molar-refractivity contribution in [2.75, 3.05) is 18.2 Å². The van der Waals surface area contributed by atoms with Gasteiger partial charge in [0.25, 0.3) is 0 Å². The van der Waals surface area contributed by atoms with Crippen LogP contribution in [0.2, 0.25) is 0 Å². The Bertz CT molecular complexity index is 666. The molecule has 0 aromatic heterocycles. The van der Waals surface area contributed by atoms with E-state index in [0.29, 0.717) is 11.4 Å². The second kappa shape index (κ2) is 6.31. The zero-order valence-electron chi connectivity index (χ0n) is 12.6. The van der Waals surface area contributed by atoms with E-state index in [4.69, 9.17) is 10.5 Å². The molecule has 0 bridgehead atoms. The zero-order chi connectivity index (χ0) is 15.4. The third kappa shape index (κ3) is 3.54. The Balaban J connectivity index is 2.13. The van der Waals surface area contributed by atoms with Gasteiger partial charge in [0.05, 0.1) is 24.9 Å². The van der Waals surface area contributed by atoms with E-state index in [9.17, 15) is 4.79 Å². The highest BCUT2D eigenvalue weighted by Crippen LogP contribution is 2.26. The molecule has 3 N–H and O–H groups in total. The number of rotatable bonds is 4. The van der Waals surface area contributed by atoms with Gasteiger partial charge in [0, 0.05) is 0 Å². The summed E-state index contributed by atoms with van der Waals surface area (Å²) < 4.78 is 5.16. The molecule has 0 saturated carbocycles. The number of ether oxygens (including phenoxy) is 1. The molecule has 0 unspecified atom stereocenters. The fourth-order valence-corrected chi connectivity index (χ4v) is 2.15. The monoisotopic (exact) mass is 284 g/mol. The molecule has 1 amide bonds. The summed E-state index contributed by atoms with van der Waals surface area (Å²) in [5.74, 6) is 0.648. The summed E-state index contributed by atoms with van der Waals surface area (Å²) in [5, 5.41) is 2.90. The van der Waals surface area contributed by atoms with E-state index in [1.165, 1.54) is 0 Å². The lowest BCUT2D eigenvalue weighted by molar-refractivity contribution is -0.115. The number of hydrogen-bond donors (Lipinski definition) is 2. The van der Waals surface area contributed by atoms with Gasteiger partial charge in [0.2, 0.25) is 5.91 Å². The first-order valence-electron chi connectivity index (χ1n) is 6.79. The number of aryl methyl sites for hydroxylation is 1. The Kier molecular flexibility index (Phi) is 4.48. The Morgan fingerprint density at radius 1 is 1.24 bits per heavy atom. The molecule has 110 valence electrons. The first-order valence-corrected chi connectivity index (χ1v) is 6.79. The number of hydrogen-bond acceptors (Lipinski definition) is 3. The van der Waals surface area contributed by atoms with Crippen LogP contribution >= 0.6 is 0 Å². The highest BCUT2D eigenvalue weighted by atomic mass is 16.5. The van der Waals surface area contributed by atoms with Crippen molar-refractivity contribution in [1.82, 2.24) is 0 Å². The minimum Gasteiger partial charge on any atom is -0.497 e. The van der Waals surface area contributed by atoms with Crippen molar-refractivity contribution >= 4 is 17.3 Å². The lowest BCUT2D eigenvalue weighted by atomic mass is 10.1. The normalized spacial score (nSPS) is 10.2. The third-order valence-corrected chi connectivity index (χ3v) is 3.53. The molecule has 0 atom stereocenters. The molecule has 0 saturated heterocycles. The molecule has 2 rings (SSSR count). The minimum atomic E-state index is -0.0938. The maximum absolute atomic E-state index is 12.2. The highest BCUT2D eigenvalue weighted by Gasteiger charge is 2.10. The van der Waals surface area contributed by atoms with Crippen LogP contribution in [0.1, 0.15) is 16.7 Å². The Hall–Kier alpha value is -2.49. The van der Waals surface area contributed by atoms with Crippen LogP contribution in [0.25, 0.3) is 0 Å². The molecule has 0 aliphatic carbocycles. The molecule has 0 radical (unpaired) electrons. The summed E-state index contributed by atoms with van der Waals surface area (Å²) in [4.78, 5) is 12.2. The van der Waals surface area contributed by atoms with E-state index in [0.717, 1.165) is 22.4 Å². The van der Waals surface area contributed by atoms with Gasteiger partial charge < -0.3 is 15.8 Å². The molecule has 0 fully saturated rings. The van der Waals surface area contributed by atoms with Gasteiger partial charge in [-0.3, -0.25) is 4.79 Å². The number of carbonyl (C=O) groups excluding carboxylic acids is 1. The van der Waals surface area contributed by atoms with Gasteiger partial charge in [-0.25, -0.2) is 0 Å². The molecule has 0 aliphatic heterocycles. The quantitative estimate of drug-likeness (QED) is 0.848. The van der Waals surface area contributed by atoms with Crippen LogP contribution in [0.15, 0.2) is 36.4 Å². The van der Waals surface area contributed by atoms with Gasteiger partial charge in [-0.05, 0) is 48.7 Å². The summed E-state index contributed by atoms with van der Waals surface area (Å²) in [5.41, 5.74) is 10.2. The van der Waals surface area contributed by atoms with Crippen molar-refractivity contribution in [3.8, 4) is 5.75 Å². The van der Waals surface area contributed by atoms with Crippen molar-refractivity contribution in [1.29, 1.82) is 0 Å². The molecular formula is C17H20N2O2. The fraction of sp³-hybridized carbons (Fsp3) is 0.235. The van der Waals surface area contributed by atoms with Crippen molar-refractivity contribution in [2.45, 2.75) is 20.3 Å². The molecule has 2 aromatic carbocycles. The second-order valence-electron chi connectivity index (χ2n) is 5.05. The topological polar surface area (TPSA) is 64.3 Å². The van der Waals surface area contributed by atoms with Crippen LogP contribution in [0.4, 0.5) is 11.4 Å². The molecule has 0 aliphatic rings. The van der Waals surface area contributed by atoms with Crippen molar-refractivity contribution < 1.29 is 9.53 Å². The number of amides is 1. The Morgan fingerprint density at radius 2 is 2.00 bits per heavy atom. The van der Waals surface area contributed by atoms with E-state index in [1.807, 2.05) is 50.2 Å². The SMILES string of the molecule is COc1cccc(CC(=O)Nc2c(N)ccc(C)c2C)c1. The number of carbonyl (C=O) groups is 1. The second-order valence-corrected chi connectivity index (χ2v) is 5.05. The van der Waals surface area contributed by atoms with E-state index in [-0.39, 0.29) is 12.3 Å². The highest BCUT2D eigenvalue weighted by molar-refractivity contribution is 5.96. The number of nitrogens with one attached hydrogen (secondary N) is 1. The number of anilines is 2. The molecule has 2 aromatic rings. The number of nitrogens with two attached hydrogens (primary N) is 1. The average Bonchev–Trinajstić information content (AvgIpc) is 2.48. The van der Waals surface area contributed by atoms with Gasteiger partial charge >= 0.3 is 0 Å². The average molecular weight is 284 g/mol. The van der Waals surface area contributed by atoms with Gasteiger partial charge in [-0.15, -0.1) is 0 Å². The van der Waals surface area contributed by atoms with E-state index >= 15 is 0 Å². The Labute approximate surface area is 124 Å². The maximum Gasteiger partial charge on any atom is 0.228 e. The lowest BCUT2D eigenvalue weighted by Crippen LogP contribution is -2.16. The first kappa shape index (κ1) is 14.9. The standard InChI is InChI=1S/C17H20N2O2/c1-11-7-8-15(18)17(12(11)2)19-16(20)10-13-5-4-6-14(9-13)21-3/h4-9H,10,18H2,1-3H3,(H,19,20). The van der Waals surface area contributed by atoms with Crippen LogP contribution in [0, 0.1) is 13.8 Å². The van der Waals surface area contributed by atoms with Crippen LogP contribution in [-0.2, 0) is 11.2 Å². The molecule has 0 spiro atoms. The van der Waals surface area contributed by atoms with Gasteiger partial charge in [-0.2, -0.15) is 0 Å². The summed E-state index contributed by atoms with van der Waals surface area (Å²) in [6, 6.07) is 11.2. The molecule has 4 nitrogen and oxygen atoms in total. The molecule has 21 heavy (non-hydrogen) atoms. The first-order chi connectivity index (χ1) is 10.0. The predicted molar refractivity (Wildman–Crippen MR) is 85.7 cm³/mol. The molecule has 0 heterocycles. The van der Waals surface area contributed by atoms with Gasteiger partial charge in [0.1, 0.15) is 5.75 Å². The predicted octanol–water partition coefficient (Wildman–Crippen LogP) is 3.08. The Morgan fingerprint density at radius 3 is 2.71 bits per heavy atom. The third-order valence-electron chi connectivity index (χ3n) is 3.53. The molecular weight excluding hydrogens is 264 g/mol. The summed E-state index contributed by atoms with van der Waals surface area (Å²) >= 11 is 0. The lowest BCUT2D eigenvalue weighted by Gasteiger charge is -2.13. The van der Waals surface area contributed by atoms with Crippen molar-refractivity contribution in [3.63, 3.8) is 0 Å². The molecule has 4 heteroatoms. The van der Waals surface area contributed by atoms with Crippen LogP contribution in [-0.4, -0.2) is 13.0 Å². The fourth-order valence-electron chi connectivity index (χ4n) is 2.15. The summed E-state index contributed by atoms with van der Waals surface area (Å²) in [6.45, 7) is 3.94. The van der Waals surface area contributed by atoms with Gasteiger partial charge in [0.15, 0.2) is 0 Å². The van der Waals surface area contributed by atoms with Gasteiger partial charge in [-0.1, -0.05) is 18.2 Å².